The molecule has 3 N–H and O–H groups in total. The first kappa shape index (κ1) is 15.0. The number of hydrogen-bond donors (Lipinski definition) is 3. The number of nitrogens with one attached hydrogen (secondary N) is 3. The number of benzene rings is 1. The van der Waals surface area contributed by atoms with Crippen molar-refractivity contribution in [3.05, 3.63) is 41.3 Å². The highest BCUT2D eigenvalue weighted by Gasteiger charge is 2.27. The molecule has 112 valence electrons. The summed E-state index contributed by atoms with van der Waals surface area (Å²) in [5.41, 5.74) is 0.431. The Morgan fingerprint density at radius 2 is 1.90 bits per heavy atom. The number of rotatable bonds is 4. The van der Waals surface area contributed by atoms with E-state index in [1.54, 1.807) is 0 Å². The Kier molecular flexibility index (Phi) is 3.94. The van der Waals surface area contributed by atoms with Gasteiger partial charge in [-0.3, -0.25) is 14.6 Å². The molecule has 0 fully saturated rings. The van der Waals surface area contributed by atoms with Crippen molar-refractivity contribution in [3.63, 3.8) is 0 Å². The maximum absolute atomic E-state index is 12.8. The zero-order chi connectivity index (χ0) is 15.6. The van der Waals surface area contributed by atoms with Gasteiger partial charge in [-0.1, -0.05) is 0 Å². The van der Waals surface area contributed by atoms with Crippen LogP contribution in [0.3, 0.4) is 0 Å². The van der Waals surface area contributed by atoms with Gasteiger partial charge < -0.3 is 5.32 Å². The first-order valence-electron chi connectivity index (χ1n) is 5.90. The molecule has 1 aromatic heterocycles. The highest BCUT2D eigenvalue weighted by Crippen LogP contribution is 2.20. The normalized spacial score (nSPS) is 11.2. The molecule has 1 heterocycles. The number of carbonyl (C=O) groups is 1. The second kappa shape index (κ2) is 5.52. The Labute approximate surface area is 120 Å². The lowest BCUT2D eigenvalue weighted by Crippen LogP contribution is -2.23. The lowest BCUT2D eigenvalue weighted by Gasteiger charge is -2.07. The average Bonchev–Trinajstić information content (AvgIpc) is 2.83. The number of aromatic nitrogens is 2. The summed E-state index contributed by atoms with van der Waals surface area (Å²) in [6.07, 6.45) is 0. The summed E-state index contributed by atoms with van der Waals surface area (Å²) in [7, 11) is -2.68. The zero-order valence-corrected chi connectivity index (χ0v) is 12.1. The van der Waals surface area contributed by atoms with Gasteiger partial charge in [0.1, 0.15) is 11.4 Å². The highest BCUT2D eigenvalue weighted by molar-refractivity contribution is 7.92. The molecule has 0 atom stereocenters. The van der Waals surface area contributed by atoms with Crippen LogP contribution in [0, 0.1) is 12.7 Å². The summed E-state index contributed by atoms with van der Waals surface area (Å²) in [6, 6.07) is 4.78. The Hall–Kier alpha value is -2.42. The molecular formula is C12H13FN4O3S. The molecule has 7 nitrogen and oxygen atoms in total. The number of carbonyl (C=O) groups excluding carboxylic acids is 1. The van der Waals surface area contributed by atoms with Gasteiger partial charge in [0.15, 0.2) is 0 Å². The lowest BCUT2D eigenvalue weighted by atomic mass is 10.2. The third-order valence-corrected chi connectivity index (χ3v) is 4.03. The number of halogens is 1. The van der Waals surface area contributed by atoms with E-state index in [1.165, 1.54) is 26.1 Å². The van der Waals surface area contributed by atoms with E-state index in [1.807, 2.05) is 0 Å². The minimum atomic E-state index is -4.07. The molecule has 1 amide bonds. The predicted molar refractivity (Wildman–Crippen MR) is 73.9 cm³/mol. The van der Waals surface area contributed by atoms with E-state index in [-0.39, 0.29) is 11.3 Å². The van der Waals surface area contributed by atoms with Gasteiger partial charge in [0.25, 0.3) is 15.9 Å². The van der Waals surface area contributed by atoms with Crippen LogP contribution < -0.4 is 10.0 Å². The van der Waals surface area contributed by atoms with Gasteiger partial charge in [0.2, 0.25) is 5.03 Å². The summed E-state index contributed by atoms with van der Waals surface area (Å²) < 4.78 is 39.6. The van der Waals surface area contributed by atoms with Crippen molar-refractivity contribution in [1.82, 2.24) is 15.5 Å². The topological polar surface area (TPSA) is 104 Å². The number of anilines is 1. The van der Waals surface area contributed by atoms with E-state index in [9.17, 15) is 17.6 Å². The number of hydrogen-bond acceptors (Lipinski definition) is 4. The van der Waals surface area contributed by atoms with E-state index >= 15 is 0 Å². The van der Waals surface area contributed by atoms with Gasteiger partial charge >= 0.3 is 0 Å². The van der Waals surface area contributed by atoms with Crippen molar-refractivity contribution in [2.45, 2.75) is 11.9 Å². The smallest absolute Gasteiger partial charge is 0.282 e. The summed E-state index contributed by atoms with van der Waals surface area (Å²) in [6.45, 7) is 1.54. The van der Waals surface area contributed by atoms with E-state index in [0.717, 1.165) is 12.1 Å². The van der Waals surface area contributed by atoms with Gasteiger partial charge in [0, 0.05) is 18.4 Å². The Morgan fingerprint density at radius 3 is 2.48 bits per heavy atom. The summed E-state index contributed by atoms with van der Waals surface area (Å²) in [5.74, 6) is -1.06. The lowest BCUT2D eigenvalue weighted by molar-refractivity contribution is 0.0959. The predicted octanol–water partition coefficient (Wildman–Crippen LogP) is 1.02. The number of aromatic amines is 1. The minimum Gasteiger partial charge on any atom is -0.355 e. The standard InChI is InChI=1S/C12H13FN4O3S/c1-7-10(11(18)14-2)12(16-15-7)21(19,20)17-9-5-3-8(13)4-6-9/h3-6,17H,1-2H3,(H,14,18)(H,15,16). The van der Waals surface area contributed by atoms with Gasteiger partial charge in [0.05, 0.1) is 0 Å². The molecule has 1 aromatic carbocycles. The summed E-state index contributed by atoms with van der Waals surface area (Å²) in [5, 5.41) is 8.06. The first-order valence-corrected chi connectivity index (χ1v) is 7.39. The van der Waals surface area contributed by atoms with Gasteiger partial charge in [-0.05, 0) is 31.2 Å². The molecule has 21 heavy (non-hydrogen) atoms. The zero-order valence-electron chi connectivity index (χ0n) is 11.3. The average molecular weight is 312 g/mol. The molecule has 9 heteroatoms. The Balaban J connectivity index is 2.41. The van der Waals surface area contributed by atoms with Crippen LogP contribution in [0.2, 0.25) is 0 Å². The van der Waals surface area contributed by atoms with Crippen molar-refractivity contribution in [2.75, 3.05) is 11.8 Å². The first-order chi connectivity index (χ1) is 9.85. The number of aryl methyl sites for hydroxylation is 1. The fourth-order valence-corrected chi connectivity index (χ4v) is 2.94. The van der Waals surface area contributed by atoms with Crippen LogP contribution in [0.25, 0.3) is 0 Å². The van der Waals surface area contributed by atoms with Gasteiger partial charge in [-0.2, -0.15) is 13.5 Å². The van der Waals surface area contributed by atoms with Crippen LogP contribution >= 0.6 is 0 Å². The van der Waals surface area contributed by atoms with Gasteiger partial charge in [-0.25, -0.2) is 4.39 Å². The fraction of sp³-hybridized carbons (Fsp3) is 0.167. The second-order valence-electron chi connectivity index (χ2n) is 4.22. The van der Waals surface area contributed by atoms with Crippen LogP contribution in [0.4, 0.5) is 10.1 Å². The van der Waals surface area contributed by atoms with E-state index in [2.05, 4.69) is 20.2 Å². The van der Waals surface area contributed by atoms with Crippen molar-refractivity contribution < 1.29 is 17.6 Å². The van der Waals surface area contributed by atoms with Crippen LogP contribution in [0.5, 0.6) is 0 Å². The molecule has 2 aromatic rings. The molecule has 0 aliphatic heterocycles. The Bertz CT molecular complexity index is 768. The third-order valence-electron chi connectivity index (χ3n) is 2.72. The maximum Gasteiger partial charge on any atom is 0.282 e. The number of nitrogens with zero attached hydrogens (tertiary/aromatic N) is 1. The molecular weight excluding hydrogens is 299 g/mol. The van der Waals surface area contributed by atoms with Crippen LogP contribution in [0.1, 0.15) is 16.1 Å². The second-order valence-corrected chi connectivity index (χ2v) is 5.82. The summed E-state index contributed by atoms with van der Waals surface area (Å²) >= 11 is 0. The maximum atomic E-state index is 12.8. The van der Waals surface area contributed by atoms with Crippen molar-refractivity contribution in [3.8, 4) is 0 Å². The quantitative estimate of drug-likeness (QED) is 0.784. The molecule has 0 saturated heterocycles. The molecule has 0 aliphatic rings. The molecule has 2 rings (SSSR count). The minimum absolute atomic E-state index is 0.0629. The number of H-pyrrole nitrogens is 1. The molecule has 0 saturated carbocycles. The van der Waals surface area contributed by atoms with Crippen molar-refractivity contribution in [1.29, 1.82) is 0 Å². The molecule has 0 spiro atoms. The number of amides is 1. The molecule has 0 aliphatic carbocycles. The highest BCUT2D eigenvalue weighted by atomic mass is 32.2. The van der Waals surface area contributed by atoms with Crippen LogP contribution in [-0.2, 0) is 10.0 Å². The fourth-order valence-electron chi connectivity index (χ4n) is 1.72. The SMILES string of the molecule is CNC(=O)c1c(S(=O)(=O)Nc2ccc(F)cc2)n[nH]c1C. The van der Waals surface area contributed by atoms with Crippen molar-refractivity contribution in [2.24, 2.45) is 0 Å². The van der Waals surface area contributed by atoms with E-state index in [0.29, 0.717) is 5.69 Å². The van der Waals surface area contributed by atoms with Gasteiger partial charge in [-0.15, -0.1) is 0 Å². The monoisotopic (exact) mass is 312 g/mol. The number of sulfonamides is 1. The molecule has 0 bridgehead atoms. The van der Waals surface area contributed by atoms with E-state index in [4.69, 9.17) is 0 Å². The largest absolute Gasteiger partial charge is 0.355 e. The third kappa shape index (κ3) is 3.02. The van der Waals surface area contributed by atoms with Crippen LogP contribution in [-0.4, -0.2) is 31.6 Å². The summed E-state index contributed by atoms with van der Waals surface area (Å²) in [4.78, 5) is 11.7. The van der Waals surface area contributed by atoms with E-state index < -0.39 is 26.8 Å². The van der Waals surface area contributed by atoms with Crippen LogP contribution in [0.15, 0.2) is 29.3 Å². The Morgan fingerprint density at radius 1 is 1.29 bits per heavy atom. The molecule has 0 unspecified atom stereocenters. The molecule has 0 radical (unpaired) electrons. The van der Waals surface area contributed by atoms with Crippen molar-refractivity contribution >= 4 is 21.6 Å².